The Bertz CT molecular complexity index is 444. The quantitative estimate of drug-likeness (QED) is 0.883. The van der Waals surface area contributed by atoms with Crippen molar-refractivity contribution in [3.05, 3.63) is 46.5 Å². The molecule has 0 aliphatic heterocycles. The van der Waals surface area contributed by atoms with E-state index in [-0.39, 0.29) is 13.2 Å². The number of rotatable bonds is 6. The van der Waals surface area contributed by atoms with Crippen LogP contribution in [-0.2, 0) is 17.8 Å². The highest BCUT2D eigenvalue weighted by atomic mass is 32.1. The Morgan fingerprint density at radius 1 is 1.37 bits per heavy atom. The molecule has 0 fully saturated rings. The highest BCUT2D eigenvalue weighted by Gasteiger charge is 2.17. The SMILES string of the molecule is O=C(OCCO)N(Cc1ccco1)Cc1cccs1. The summed E-state index contributed by atoms with van der Waals surface area (Å²) >= 11 is 1.58. The third-order valence-corrected chi connectivity index (χ3v) is 3.29. The molecule has 0 bridgehead atoms. The summed E-state index contributed by atoms with van der Waals surface area (Å²) in [4.78, 5) is 14.5. The summed E-state index contributed by atoms with van der Waals surface area (Å²) in [6.45, 7) is 0.620. The van der Waals surface area contributed by atoms with Crippen LogP contribution >= 0.6 is 11.3 Å². The lowest BCUT2D eigenvalue weighted by atomic mass is 10.4. The monoisotopic (exact) mass is 281 g/mol. The Kier molecular flexibility index (Phi) is 5.00. The molecule has 2 heterocycles. The van der Waals surface area contributed by atoms with Gasteiger partial charge in [0, 0.05) is 4.88 Å². The van der Waals surface area contributed by atoms with E-state index in [0.29, 0.717) is 18.8 Å². The van der Waals surface area contributed by atoms with Gasteiger partial charge in [0.2, 0.25) is 0 Å². The van der Waals surface area contributed by atoms with Crippen molar-refractivity contribution in [2.24, 2.45) is 0 Å². The van der Waals surface area contributed by atoms with Crippen LogP contribution in [0.5, 0.6) is 0 Å². The molecule has 0 saturated heterocycles. The number of nitrogens with zero attached hydrogens (tertiary/aromatic N) is 1. The van der Waals surface area contributed by atoms with Gasteiger partial charge in [-0.25, -0.2) is 4.79 Å². The van der Waals surface area contributed by atoms with Gasteiger partial charge in [-0.3, -0.25) is 4.90 Å². The van der Waals surface area contributed by atoms with Gasteiger partial charge in [-0.1, -0.05) is 6.07 Å². The molecule has 2 rings (SSSR count). The number of carbonyl (C=O) groups excluding carboxylic acids is 1. The predicted molar refractivity (Wildman–Crippen MR) is 70.7 cm³/mol. The van der Waals surface area contributed by atoms with Crippen molar-refractivity contribution in [1.29, 1.82) is 0 Å². The van der Waals surface area contributed by atoms with E-state index >= 15 is 0 Å². The smallest absolute Gasteiger partial charge is 0.410 e. The number of amides is 1. The third-order valence-electron chi connectivity index (χ3n) is 2.43. The van der Waals surface area contributed by atoms with E-state index in [9.17, 15) is 4.79 Å². The van der Waals surface area contributed by atoms with Crippen LogP contribution in [0.15, 0.2) is 40.3 Å². The molecule has 2 aromatic rings. The van der Waals surface area contributed by atoms with Crippen LogP contribution in [-0.4, -0.2) is 29.3 Å². The molecule has 2 aromatic heterocycles. The number of carbonyl (C=O) groups is 1. The van der Waals surface area contributed by atoms with Gasteiger partial charge in [-0.2, -0.15) is 0 Å². The maximum absolute atomic E-state index is 11.9. The maximum Gasteiger partial charge on any atom is 0.410 e. The summed E-state index contributed by atoms with van der Waals surface area (Å²) < 4.78 is 10.2. The molecule has 6 heteroatoms. The molecule has 19 heavy (non-hydrogen) atoms. The molecule has 0 atom stereocenters. The first kappa shape index (κ1) is 13.6. The fourth-order valence-electron chi connectivity index (χ4n) is 1.59. The molecule has 1 N–H and O–H groups in total. The number of furan rings is 1. The molecule has 0 unspecified atom stereocenters. The molecular formula is C13H15NO4S. The number of ether oxygens (including phenoxy) is 1. The number of hydrogen-bond acceptors (Lipinski definition) is 5. The zero-order chi connectivity index (χ0) is 13.5. The van der Waals surface area contributed by atoms with E-state index in [4.69, 9.17) is 14.3 Å². The second kappa shape index (κ2) is 6.96. The average Bonchev–Trinajstić information content (AvgIpc) is 3.08. The second-order valence-electron chi connectivity index (χ2n) is 3.85. The Labute approximate surface area is 115 Å². The van der Waals surface area contributed by atoms with E-state index in [0.717, 1.165) is 4.88 Å². The topological polar surface area (TPSA) is 62.9 Å². The Morgan fingerprint density at radius 3 is 2.89 bits per heavy atom. The summed E-state index contributed by atoms with van der Waals surface area (Å²) in [5, 5.41) is 10.7. The van der Waals surface area contributed by atoms with Gasteiger partial charge < -0.3 is 14.3 Å². The Morgan fingerprint density at radius 2 is 2.26 bits per heavy atom. The lowest BCUT2D eigenvalue weighted by molar-refractivity contribution is 0.0780. The molecule has 102 valence electrons. The lowest BCUT2D eigenvalue weighted by Gasteiger charge is -2.20. The summed E-state index contributed by atoms with van der Waals surface area (Å²) in [7, 11) is 0. The molecule has 0 radical (unpaired) electrons. The van der Waals surface area contributed by atoms with Crippen molar-refractivity contribution in [3.63, 3.8) is 0 Å². The Hall–Kier alpha value is -1.79. The minimum Gasteiger partial charge on any atom is -0.467 e. The molecule has 5 nitrogen and oxygen atoms in total. The highest BCUT2D eigenvalue weighted by Crippen LogP contribution is 2.15. The van der Waals surface area contributed by atoms with Crippen LogP contribution in [0.2, 0.25) is 0 Å². The molecule has 0 aliphatic carbocycles. The first-order valence-corrected chi connectivity index (χ1v) is 6.75. The molecule has 0 aliphatic rings. The van der Waals surface area contributed by atoms with Crippen molar-refractivity contribution >= 4 is 17.4 Å². The fraction of sp³-hybridized carbons (Fsp3) is 0.308. The van der Waals surface area contributed by atoms with Crippen LogP contribution in [0.4, 0.5) is 4.79 Å². The van der Waals surface area contributed by atoms with Crippen LogP contribution in [0, 0.1) is 0 Å². The van der Waals surface area contributed by atoms with Crippen LogP contribution in [0.25, 0.3) is 0 Å². The lowest BCUT2D eigenvalue weighted by Crippen LogP contribution is -2.31. The minimum absolute atomic E-state index is 0.00205. The van der Waals surface area contributed by atoms with Crippen molar-refractivity contribution in [1.82, 2.24) is 4.90 Å². The molecule has 0 spiro atoms. The predicted octanol–water partition coefficient (Wildman–Crippen LogP) is 2.47. The van der Waals surface area contributed by atoms with E-state index in [2.05, 4.69) is 0 Å². The normalized spacial score (nSPS) is 10.4. The maximum atomic E-state index is 11.9. The first-order valence-electron chi connectivity index (χ1n) is 5.87. The molecule has 1 amide bonds. The van der Waals surface area contributed by atoms with Crippen molar-refractivity contribution < 1.29 is 19.1 Å². The second-order valence-corrected chi connectivity index (χ2v) is 4.89. The summed E-state index contributed by atoms with van der Waals surface area (Å²) in [5.74, 6) is 0.692. The van der Waals surface area contributed by atoms with E-state index < -0.39 is 6.09 Å². The molecule has 0 saturated carbocycles. The third kappa shape index (κ3) is 4.11. The molecular weight excluding hydrogens is 266 g/mol. The van der Waals surface area contributed by atoms with Crippen LogP contribution in [0.1, 0.15) is 10.6 Å². The zero-order valence-corrected chi connectivity index (χ0v) is 11.1. The zero-order valence-electron chi connectivity index (χ0n) is 10.3. The van der Waals surface area contributed by atoms with E-state index in [1.54, 1.807) is 34.6 Å². The first-order chi connectivity index (χ1) is 9.29. The summed E-state index contributed by atoms with van der Waals surface area (Å²) in [6, 6.07) is 7.47. The number of hydrogen-bond donors (Lipinski definition) is 1. The van der Waals surface area contributed by atoms with E-state index in [1.807, 2.05) is 17.5 Å². The number of thiophene rings is 1. The van der Waals surface area contributed by atoms with Gasteiger partial charge in [-0.15, -0.1) is 11.3 Å². The minimum atomic E-state index is -0.459. The van der Waals surface area contributed by atoms with Gasteiger partial charge in [0.25, 0.3) is 0 Å². The van der Waals surface area contributed by atoms with Gasteiger partial charge >= 0.3 is 6.09 Å². The largest absolute Gasteiger partial charge is 0.467 e. The highest BCUT2D eigenvalue weighted by molar-refractivity contribution is 7.09. The standard InChI is InChI=1S/C13H15NO4S/c15-5-7-18-13(16)14(9-11-3-1-6-17-11)10-12-4-2-8-19-12/h1-4,6,8,15H,5,7,9-10H2. The van der Waals surface area contributed by atoms with Gasteiger partial charge in [0.1, 0.15) is 12.4 Å². The Balaban J connectivity index is 2.01. The number of aliphatic hydroxyl groups is 1. The van der Waals surface area contributed by atoms with Crippen molar-refractivity contribution in [2.45, 2.75) is 13.1 Å². The number of aliphatic hydroxyl groups excluding tert-OH is 1. The van der Waals surface area contributed by atoms with Gasteiger partial charge in [0.15, 0.2) is 0 Å². The van der Waals surface area contributed by atoms with Gasteiger partial charge in [-0.05, 0) is 23.6 Å². The van der Waals surface area contributed by atoms with Gasteiger partial charge in [0.05, 0.1) is 26.0 Å². The van der Waals surface area contributed by atoms with Crippen molar-refractivity contribution in [2.75, 3.05) is 13.2 Å². The molecule has 0 aromatic carbocycles. The van der Waals surface area contributed by atoms with Crippen molar-refractivity contribution in [3.8, 4) is 0 Å². The van der Waals surface area contributed by atoms with Crippen LogP contribution < -0.4 is 0 Å². The van der Waals surface area contributed by atoms with E-state index in [1.165, 1.54) is 0 Å². The fourth-order valence-corrected chi connectivity index (χ4v) is 2.31. The average molecular weight is 281 g/mol. The van der Waals surface area contributed by atoms with Crippen LogP contribution in [0.3, 0.4) is 0 Å². The summed E-state index contributed by atoms with van der Waals surface area (Å²) in [5.41, 5.74) is 0. The summed E-state index contributed by atoms with van der Waals surface area (Å²) in [6.07, 6.45) is 1.11.